The van der Waals surface area contributed by atoms with Crippen LogP contribution in [0.3, 0.4) is 0 Å². The summed E-state index contributed by atoms with van der Waals surface area (Å²) < 4.78 is 5.45. The number of hydrogen-bond acceptors (Lipinski definition) is 6. The van der Waals surface area contributed by atoms with Crippen LogP contribution in [0.15, 0.2) is 58.7 Å². The highest BCUT2D eigenvalue weighted by Gasteiger charge is 2.30. The SMILES string of the molecule is CCOc1ccc(CC2S/C(=N/N=C/c3ccc(N(C)C)cc3)NC2=O)cc1. The summed E-state index contributed by atoms with van der Waals surface area (Å²) in [7, 11) is 4.00. The second kappa shape index (κ2) is 9.41. The van der Waals surface area contributed by atoms with Crippen LogP contribution in [0.1, 0.15) is 18.1 Å². The summed E-state index contributed by atoms with van der Waals surface area (Å²) in [5, 5.41) is 11.4. The number of benzene rings is 2. The van der Waals surface area contributed by atoms with Gasteiger partial charge in [-0.3, -0.25) is 4.79 Å². The summed E-state index contributed by atoms with van der Waals surface area (Å²) in [5.74, 6) is 0.799. The number of carbonyl (C=O) groups excluding carboxylic acids is 1. The highest BCUT2D eigenvalue weighted by atomic mass is 32.2. The van der Waals surface area contributed by atoms with Crippen molar-refractivity contribution in [2.75, 3.05) is 25.6 Å². The third-order valence-electron chi connectivity index (χ3n) is 4.20. The molecule has 2 aromatic rings. The minimum absolute atomic E-state index is 0.0387. The molecule has 28 heavy (non-hydrogen) atoms. The molecule has 0 aromatic heterocycles. The molecule has 0 bridgehead atoms. The van der Waals surface area contributed by atoms with Crippen LogP contribution in [-0.2, 0) is 11.2 Å². The van der Waals surface area contributed by atoms with E-state index in [9.17, 15) is 4.79 Å². The molecule has 1 aliphatic heterocycles. The monoisotopic (exact) mass is 396 g/mol. The summed E-state index contributed by atoms with van der Waals surface area (Å²) in [6.07, 6.45) is 2.32. The Labute approximate surface area is 169 Å². The Morgan fingerprint density at radius 3 is 2.50 bits per heavy atom. The van der Waals surface area contributed by atoms with Crippen LogP contribution in [0.5, 0.6) is 5.75 Å². The maximum absolute atomic E-state index is 12.2. The van der Waals surface area contributed by atoms with E-state index in [1.54, 1.807) is 6.21 Å². The number of anilines is 1. The van der Waals surface area contributed by atoms with Gasteiger partial charge in [-0.2, -0.15) is 5.10 Å². The molecule has 0 spiro atoms. The Balaban J connectivity index is 1.57. The molecule has 3 rings (SSSR count). The van der Waals surface area contributed by atoms with Gasteiger partial charge in [-0.25, -0.2) is 0 Å². The van der Waals surface area contributed by atoms with Crippen molar-refractivity contribution in [3.05, 3.63) is 59.7 Å². The lowest BCUT2D eigenvalue weighted by Gasteiger charge is -2.11. The number of thioether (sulfide) groups is 1. The molecule has 1 amide bonds. The van der Waals surface area contributed by atoms with Gasteiger partial charge in [-0.05, 0) is 48.7 Å². The van der Waals surface area contributed by atoms with Crippen LogP contribution in [0, 0.1) is 0 Å². The van der Waals surface area contributed by atoms with Crippen molar-refractivity contribution in [2.24, 2.45) is 10.2 Å². The normalized spacial score (nSPS) is 17.9. The molecule has 0 saturated carbocycles. The van der Waals surface area contributed by atoms with Gasteiger partial charge in [0.15, 0.2) is 5.17 Å². The highest BCUT2D eigenvalue weighted by Crippen LogP contribution is 2.24. The molecule has 1 unspecified atom stereocenters. The van der Waals surface area contributed by atoms with Gasteiger partial charge in [0.1, 0.15) is 5.75 Å². The fraction of sp³-hybridized carbons (Fsp3) is 0.286. The number of nitrogens with zero attached hydrogens (tertiary/aromatic N) is 3. The van der Waals surface area contributed by atoms with Gasteiger partial charge in [0.2, 0.25) is 5.91 Å². The molecule has 0 aliphatic carbocycles. The van der Waals surface area contributed by atoms with Crippen molar-refractivity contribution in [3.63, 3.8) is 0 Å². The summed E-state index contributed by atoms with van der Waals surface area (Å²) in [6, 6.07) is 15.8. The zero-order valence-electron chi connectivity index (χ0n) is 16.3. The van der Waals surface area contributed by atoms with Gasteiger partial charge in [-0.15, -0.1) is 5.10 Å². The number of ether oxygens (including phenoxy) is 1. The molecule has 0 radical (unpaired) electrons. The van der Waals surface area contributed by atoms with E-state index in [2.05, 4.69) is 15.5 Å². The Morgan fingerprint density at radius 2 is 1.86 bits per heavy atom. The van der Waals surface area contributed by atoms with Crippen molar-refractivity contribution < 1.29 is 9.53 Å². The number of amidine groups is 1. The van der Waals surface area contributed by atoms with Gasteiger partial charge in [0, 0.05) is 19.8 Å². The van der Waals surface area contributed by atoms with E-state index < -0.39 is 0 Å². The molecule has 2 aromatic carbocycles. The van der Waals surface area contributed by atoms with Crippen molar-refractivity contribution >= 4 is 34.7 Å². The first-order valence-corrected chi connectivity index (χ1v) is 10.0. The van der Waals surface area contributed by atoms with Gasteiger partial charge < -0.3 is 15.0 Å². The van der Waals surface area contributed by atoms with E-state index in [0.717, 1.165) is 22.6 Å². The highest BCUT2D eigenvalue weighted by molar-refractivity contribution is 8.15. The predicted octanol–water partition coefficient (Wildman–Crippen LogP) is 3.32. The van der Waals surface area contributed by atoms with Crippen molar-refractivity contribution in [2.45, 2.75) is 18.6 Å². The summed E-state index contributed by atoms with van der Waals surface area (Å²) >= 11 is 1.41. The van der Waals surface area contributed by atoms with Crippen LogP contribution in [0.4, 0.5) is 5.69 Å². The molecule has 146 valence electrons. The van der Waals surface area contributed by atoms with Crippen molar-refractivity contribution in [1.82, 2.24) is 5.32 Å². The lowest BCUT2D eigenvalue weighted by molar-refractivity contribution is -0.118. The Morgan fingerprint density at radius 1 is 1.14 bits per heavy atom. The number of amides is 1. The molecule has 6 nitrogen and oxygen atoms in total. The molecular weight excluding hydrogens is 372 g/mol. The number of rotatable bonds is 7. The van der Waals surface area contributed by atoms with Crippen LogP contribution >= 0.6 is 11.8 Å². The quantitative estimate of drug-likeness (QED) is 0.576. The maximum atomic E-state index is 12.2. The molecule has 1 aliphatic rings. The molecule has 1 atom stereocenters. The molecule has 1 saturated heterocycles. The van der Waals surface area contributed by atoms with Gasteiger partial charge in [0.05, 0.1) is 18.1 Å². The fourth-order valence-corrected chi connectivity index (χ4v) is 3.66. The second-order valence-electron chi connectivity index (χ2n) is 6.51. The van der Waals surface area contributed by atoms with Gasteiger partial charge in [-0.1, -0.05) is 36.0 Å². The third-order valence-corrected chi connectivity index (χ3v) is 5.27. The van der Waals surface area contributed by atoms with Crippen LogP contribution < -0.4 is 15.0 Å². The van der Waals surface area contributed by atoms with E-state index in [-0.39, 0.29) is 11.2 Å². The van der Waals surface area contributed by atoms with E-state index in [0.29, 0.717) is 18.2 Å². The van der Waals surface area contributed by atoms with Crippen LogP contribution in [0.25, 0.3) is 0 Å². The summed E-state index contributed by atoms with van der Waals surface area (Å²) in [4.78, 5) is 14.2. The number of hydrogen-bond donors (Lipinski definition) is 1. The summed E-state index contributed by atoms with van der Waals surface area (Å²) in [6.45, 7) is 2.59. The molecular formula is C21H24N4O2S. The lowest BCUT2D eigenvalue weighted by atomic mass is 10.1. The molecule has 1 N–H and O–H groups in total. The Bertz CT molecular complexity index is 861. The number of carbonyl (C=O) groups is 1. The second-order valence-corrected chi connectivity index (χ2v) is 7.70. The van der Waals surface area contributed by atoms with Gasteiger partial charge >= 0.3 is 0 Å². The Hall–Kier alpha value is -2.80. The van der Waals surface area contributed by atoms with Crippen molar-refractivity contribution in [3.8, 4) is 5.75 Å². The Kier molecular flexibility index (Phi) is 6.71. The average molecular weight is 397 g/mol. The minimum atomic E-state index is -0.203. The van der Waals surface area contributed by atoms with E-state index >= 15 is 0 Å². The zero-order chi connectivity index (χ0) is 19.9. The minimum Gasteiger partial charge on any atom is -0.494 e. The molecule has 1 fully saturated rings. The first-order chi connectivity index (χ1) is 13.5. The average Bonchev–Trinajstić information content (AvgIpc) is 3.03. The van der Waals surface area contributed by atoms with E-state index in [1.165, 1.54) is 11.8 Å². The third kappa shape index (κ3) is 5.36. The standard InChI is InChI=1S/C21H24N4O2S/c1-4-27-18-11-7-15(8-12-18)13-19-20(26)23-21(28-19)24-22-14-16-5-9-17(10-6-16)25(2)3/h5-12,14,19H,4,13H2,1-3H3,(H,23,24,26)/b22-14+. The predicted molar refractivity (Wildman–Crippen MR) is 117 cm³/mol. The van der Waals surface area contributed by atoms with E-state index in [4.69, 9.17) is 4.74 Å². The fourth-order valence-electron chi connectivity index (χ4n) is 2.70. The van der Waals surface area contributed by atoms with Crippen molar-refractivity contribution in [1.29, 1.82) is 0 Å². The van der Waals surface area contributed by atoms with Crippen LogP contribution in [0.2, 0.25) is 0 Å². The molecule has 7 heteroatoms. The van der Waals surface area contributed by atoms with E-state index in [1.807, 2.05) is 74.4 Å². The topological polar surface area (TPSA) is 66.3 Å². The zero-order valence-corrected chi connectivity index (χ0v) is 17.1. The number of nitrogens with one attached hydrogen (secondary N) is 1. The largest absolute Gasteiger partial charge is 0.494 e. The summed E-state index contributed by atoms with van der Waals surface area (Å²) in [5.41, 5.74) is 3.16. The smallest absolute Gasteiger partial charge is 0.239 e. The van der Waals surface area contributed by atoms with Crippen LogP contribution in [-0.4, -0.2) is 43.2 Å². The first kappa shape index (κ1) is 19.9. The first-order valence-electron chi connectivity index (χ1n) is 9.13. The maximum Gasteiger partial charge on any atom is 0.239 e. The van der Waals surface area contributed by atoms with Gasteiger partial charge in [0.25, 0.3) is 0 Å². The lowest BCUT2D eigenvalue weighted by Crippen LogP contribution is -2.25. The molecule has 1 heterocycles.